The van der Waals surface area contributed by atoms with Gasteiger partial charge in [-0.3, -0.25) is 0 Å². The van der Waals surface area contributed by atoms with E-state index >= 15 is 0 Å². The van der Waals surface area contributed by atoms with E-state index in [1.807, 2.05) is 6.07 Å². The van der Waals surface area contributed by atoms with E-state index in [9.17, 15) is 0 Å². The smallest absolute Gasteiger partial charge is 0.00158 e. The van der Waals surface area contributed by atoms with Crippen molar-refractivity contribution < 1.29 is 0 Å². The lowest BCUT2D eigenvalue weighted by atomic mass is 10.1. The fraction of sp³-hybridized carbons (Fsp3) is 0.538. The maximum absolute atomic E-state index is 3.11. The van der Waals surface area contributed by atoms with Gasteiger partial charge in [-0.15, -0.1) is 0 Å². The lowest BCUT2D eigenvalue weighted by Crippen LogP contribution is -2.24. The highest BCUT2D eigenvalue weighted by molar-refractivity contribution is 5.13. The van der Waals surface area contributed by atoms with Crippen LogP contribution in [-0.2, 0) is 6.42 Å². The second-order valence-electron chi connectivity index (χ2n) is 3.54. The fourth-order valence-corrected chi connectivity index (χ4v) is 1.63. The summed E-state index contributed by atoms with van der Waals surface area (Å²) in [6.07, 6.45) is 2.42. The first-order valence-corrected chi connectivity index (χ1v) is 5.54. The molecule has 0 aliphatic heterocycles. The SMILES string of the molecule is CCN(CC)CCCc1c[c]ccc1. The van der Waals surface area contributed by atoms with Crippen LogP contribution in [0.1, 0.15) is 25.8 Å². The molecule has 0 saturated carbocycles. The Balaban J connectivity index is 2.21. The van der Waals surface area contributed by atoms with Crippen LogP contribution in [0.15, 0.2) is 24.3 Å². The molecule has 1 radical (unpaired) electrons. The van der Waals surface area contributed by atoms with Gasteiger partial charge >= 0.3 is 0 Å². The van der Waals surface area contributed by atoms with Crippen LogP contribution in [0.3, 0.4) is 0 Å². The molecule has 0 fully saturated rings. The van der Waals surface area contributed by atoms with E-state index in [-0.39, 0.29) is 0 Å². The van der Waals surface area contributed by atoms with Crippen molar-refractivity contribution >= 4 is 0 Å². The zero-order valence-electron chi connectivity index (χ0n) is 9.29. The third-order valence-electron chi connectivity index (χ3n) is 2.61. The summed E-state index contributed by atoms with van der Waals surface area (Å²) >= 11 is 0. The Morgan fingerprint density at radius 1 is 1.29 bits per heavy atom. The van der Waals surface area contributed by atoms with Crippen LogP contribution in [0.25, 0.3) is 0 Å². The van der Waals surface area contributed by atoms with Crippen LogP contribution >= 0.6 is 0 Å². The van der Waals surface area contributed by atoms with Gasteiger partial charge < -0.3 is 4.90 Å². The molecular formula is C13H20N. The number of rotatable bonds is 6. The molecule has 0 N–H and O–H groups in total. The van der Waals surface area contributed by atoms with Crippen molar-refractivity contribution in [3.05, 3.63) is 35.9 Å². The first-order valence-electron chi connectivity index (χ1n) is 5.54. The van der Waals surface area contributed by atoms with Gasteiger partial charge in [0.05, 0.1) is 0 Å². The van der Waals surface area contributed by atoms with Crippen molar-refractivity contribution in [2.24, 2.45) is 0 Å². The Kier molecular flexibility index (Phi) is 5.31. The number of nitrogens with zero attached hydrogens (tertiary/aromatic N) is 1. The van der Waals surface area contributed by atoms with Crippen molar-refractivity contribution in [3.63, 3.8) is 0 Å². The van der Waals surface area contributed by atoms with Gasteiger partial charge in [0.2, 0.25) is 0 Å². The zero-order valence-corrected chi connectivity index (χ0v) is 9.29. The summed E-state index contributed by atoms with van der Waals surface area (Å²) in [6, 6.07) is 11.4. The molecular weight excluding hydrogens is 170 g/mol. The van der Waals surface area contributed by atoms with Crippen LogP contribution in [0.5, 0.6) is 0 Å². The van der Waals surface area contributed by atoms with Crippen molar-refractivity contribution in [3.8, 4) is 0 Å². The van der Waals surface area contributed by atoms with Gasteiger partial charge in [0.1, 0.15) is 0 Å². The molecule has 0 amide bonds. The molecule has 1 aromatic rings. The van der Waals surface area contributed by atoms with E-state index in [4.69, 9.17) is 0 Å². The largest absolute Gasteiger partial charge is 0.304 e. The lowest BCUT2D eigenvalue weighted by molar-refractivity contribution is 0.300. The Morgan fingerprint density at radius 3 is 2.64 bits per heavy atom. The second kappa shape index (κ2) is 6.61. The predicted octanol–water partition coefficient (Wildman–Crippen LogP) is 2.76. The molecule has 1 rings (SSSR count). The Morgan fingerprint density at radius 2 is 2.07 bits per heavy atom. The Bertz CT molecular complexity index is 226. The van der Waals surface area contributed by atoms with Crippen molar-refractivity contribution in [1.82, 2.24) is 4.90 Å². The summed E-state index contributed by atoms with van der Waals surface area (Å²) in [5.74, 6) is 0. The number of hydrogen-bond donors (Lipinski definition) is 0. The molecule has 0 atom stereocenters. The van der Waals surface area contributed by atoms with E-state index < -0.39 is 0 Å². The minimum Gasteiger partial charge on any atom is -0.304 e. The van der Waals surface area contributed by atoms with Crippen LogP contribution in [0.2, 0.25) is 0 Å². The standard InChI is InChI=1S/C13H20N/c1-3-14(4-2)12-8-11-13-9-6-5-7-10-13/h5-6,9-10H,3-4,8,11-12H2,1-2H3. The molecule has 1 heteroatoms. The lowest BCUT2D eigenvalue weighted by Gasteiger charge is -2.17. The molecule has 0 spiro atoms. The van der Waals surface area contributed by atoms with Gasteiger partial charge in [0, 0.05) is 0 Å². The highest BCUT2D eigenvalue weighted by atomic mass is 15.1. The molecule has 0 aromatic heterocycles. The summed E-state index contributed by atoms with van der Waals surface area (Å²) in [7, 11) is 0. The van der Waals surface area contributed by atoms with Gasteiger partial charge in [0.25, 0.3) is 0 Å². The van der Waals surface area contributed by atoms with Crippen molar-refractivity contribution in [2.45, 2.75) is 26.7 Å². The van der Waals surface area contributed by atoms with Gasteiger partial charge in [0.15, 0.2) is 0 Å². The summed E-state index contributed by atoms with van der Waals surface area (Å²) < 4.78 is 0. The van der Waals surface area contributed by atoms with Crippen LogP contribution < -0.4 is 0 Å². The predicted molar refractivity (Wildman–Crippen MR) is 61.4 cm³/mol. The van der Waals surface area contributed by atoms with Crippen molar-refractivity contribution in [2.75, 3.05) is 19.6 Å². The minimum absolute atomic E-state index is 1.16. The molecule has 0 aliphatic rings. The average Bonchev–Trinajstić information content (AvgIpc) is 2.26. The third-order valence-corrected chi connectivity index (χ3v) is 2.61. The van der Waals surface area contributed by atoms with Gasteiger partial charge in [-0.25, -0.2) is 0 Å². The topological polar surface area (TPSA) is 3.24 Å². The molecule has 14 heavy (non-hydrogen) atoms. The highest BCUT2D eigenvalue weighted by Crippen LogP contribution is 2.02. The fourth-order valence-electron chi connectivity index (χ4n) is 1.63. The molecule has 0 bridgehead atoms. The van der Waals surface area contributed by atoms with Gasteiger partial charge in [-0.2, -0.15) is 0 Å². The maximum Gasteiger partial charge on any atom is -0.00158 e. The zero-order chi connectivity index (χ0) is 10.2. The van der Waals surface area contributed by atoms with Gasteiger partial charge in [-0.05, 0) is 44.1 Å². The molecule has 1 aromatic carbocycles. The Labute approximate surface area is 87.7 Å². The summed E-state index contributed by atoms with van der Waals surface area (Å²) in [6.45, 7) is 7.98. The van der Waals surface area contributed by atoms with Gasteiger partial charge in [-0.1, -0.05) is 38.1 Å². The first kappa shape index (κ1) is 11.3. The molecule has 0 saturated heterocycles. The summed E-state index contributed by atoms with van der Waals surface area (Å²) in [4.78, 5) is 2.46. The maximum atomic E-state index is 3.11. The van der Waals surface area contributed by atoms with Crippen LogP contribution in [0, 0.1) is 6.07 Å². The highest BCUT2D eigenvalue weighted by Gasteiger charge is 1.98. The molecule has 0 aliphatic carbocycles. The van der Waals surface area contributed by atoms with Crippen LogP contribution in [0.4, 0.5) is 0 Å². The van der Waals surface area contributed by atoms with E-state index in [1.165, 1.54) is 24.9 Å². The van der Waals surface area contributed by atoms with Crippen LogP contribution in [-0.4, -0.2) is 24.5 Å². The third kappa shape index (κ3) is 3.93. The summed E-state index contributed by atoms with van der Waals surface area (Å²) in [5.41, 5.74) is 1.40. The number of aryl methyl sites for hydroxylation is 1. The number of benzene rings is 1. The molecule has 0 heterocycles. The molecule has 0 unspecified atom stereocenters. The summed E-state index contributed by atoms with van der Waals surface area (Å²) in [5, 5.41) is 0. The molecule has 1 nitrogen and oxygen atoms in total. The second-order valence-corrected chi connectivity index (χ2v) is 3.54. The Hall–Kier alpha value is -0.820. The monoisotopic (exact) mass is 190 g/mol. The molecule has 77 valence electrons. The quantitative estimate of drug-likeness (QED) is 0.666. The number of hydrogen-bond acceptors (Lipinski definition) is 1. The van der Waals surface area contributed by atoms with E-state index in [0.29, 0.717) is 0 Å². The van der Waals surface area contributed by atoms with E-state index in [2.05, 4.69) is 43.0 Å². The first-order chi connectivity index (χ1) is 6.86. The average molecular weight is 190 g/mol. The van der Waals surface area contributed by atoms with E-state index in [0.717, 1.165) is 13.1 Å². The normalized spacial score (nSPS) is 10.8. The van der Waals surface area contributed by atoms with Crippen molar-refractivity contribution in [1.29, 1.82) is 0 Å². The minimum atomic E-state index is 1.16. The van der Waals surface area contributed by atoms with E-state index in [1.54, 1.807) is 0 Å².